The molecule has 0 radical (unpaired) electrons. The van der Waals surface area contributed by atoms with E-state index in [9.17, 15) is 9.59 Å². The number of fused-ring (bicyclic) bond motifs is 1. The highest BCUT2D eigenvalue weighted by Gasteiger charge is 2.31. The van der Waals surface area contributed by atoms with E-state index in [0.717, 1.165) is 24.5 Å². The first kappa shape index (κ1) is 15.0. The third kappa shape index (κ3) is 3.14. The lowest BCUT2D eigenvalue weighted by Gasteiger charge is -2.30. The molecule has 2 N–H and O–H groups in total. The predicted octanol–water partition coefficient (Wildman–Crippen LogP) is 0.819. The summed E-state index contributed by atoms with van der Waals surface area (Å²) in [5.74, 6) is 0.0916. The van der Waals surface area contributed by atoms with Crippen LogP contribution in [0.4, 0.5) is 11.4 Å². The van der Waals surface area contributed by atoms with Gasteiger partial charge >= 0.3 is 0 Å². The summed E-state index contributed by atoms with van der Waals surface area (Å²) < 4.78 is 0. The van der Waals surface area contributed by atoms with Crippen molar-refractivity contribution in [1.82, 2.24) is 0 Å². The van der Waals surface area contributed by atoms with E-state index in [1.807, 2.05) is 36.1 Å². The molecule has 1 atom stereocenters. The van der Waals surface area contributed by atoms with Crippen LogP contribution in [0.1, 0.15) is 32.6 Å². The van der Waals surface area contributed by atoms with Crippen molar-refractivity contribution in [3.8, 4) is 0 Å². The van der Waals surface area contributed by atoms with E-state index in [0.29, 0.717) is 13.0 Å². The number of hydrogen-bond donors (Lipinski definition) is 2. The Balaban J connectivity index is 1.83. The van der Waals surface area contributed by atoms with Crippen LogP contribution in [-0.4, -0.2) is 37.5 Å². The third-order valence-electron chi connectivity index (χ3n) is 4.59. The first-order valence-electron chi connectivity index (χ1n) is 8.19. The zero-order valence-electron chi connectivity index (χ0n) is 13.1. The number of rotatable bonds is 2. The van der Waals surface area contributed by atoms with Gasteiger partial charge in [0.25, 0.3) is 5.91 Å². The molecule has 0 bridgehead atoms. The topological polar surface area (TPSA) is 53.9 Å². The summed E-state index contributed by atoms with van der Waals surface area (Å²) in [6.45, 7) is 4.62. The fourth-order valence-electron chi connectivity index (χ4n) is 3.50. The number of anilines is 2. The van der Waals surface area contributed by atoms with Gasteiger partial charge in [0.2, 0.25) is 5.91 Å². The van der Waals surface area contributed by atoms with Gasteiger partial charge in [-0.1, -0.05) is 12.1 Å². The van der Waals surface area contributed by atoms with Gasteiger partial charge in [-0.2, -0.15) is 0 Å². The molecule has 1 aromatic carbocycles. The molecular formula is C17H24N3O2+. The van der Waals surface area contributed by atoms with Crippen LogP contribution in [-0.2, 0) is 9.59 Å². The van der Waals surface area contributed by atoms with Crippen molar-refractivity contribution in [2.75, 3.05) is 29.9 Å². The van der Waals surface area contributed by atoms with Gasteiger partial charge in [0.15, 0.2) is 6.54 Å². The van der Waals surface area contributed by atoms with E-state index in [4.69, 9.17) is 0 Å². The summed E-state index contributed by atoms with van der Waals surface area (Å²) >= 11 is 0. The molecule has 0 aliphatic carbocycles. The quantitative estimate of drug-likeness (QED) is 0.850. The molecule has 0 spiro atoms. The molecule has 3 rings (SSSR count). The number of carbonyl (C=O) groups is 2. The Labute approximate surface area is 131 Å². The molecule has 1 aromatic rings. The molecule has 2 aliphatic rings. The lowest BCUT2D eigenvalue weighted by molar-refractivity contribution is -0.896. The summed E-state index contributed by atoms with van der Waals surface area (Å²) in [7, 11) is 0. The number of hydrogen-bond acceptors (Lipinski definition) is 2. The number of amides is 2. The fourth-order valence-corrected chi connectivity index (χ4v) is 3.50. The van der Waals surface area contributed by atoms with E-state index in [2.05, 4.69) is 5.32 Å². The number of likely N-dealkylation sites (tertiary alicyclic amines) is 1. The van der Waals surface area contributed by atoms with Crippen LogP contribution in [0.2, 0.25) is 0 Å². The van der Waals surface area contributed by atoms with E-state index in [1.165, 1.54) is 24.2 Å². The standard InChI is InChI=1S/C17H23N3O2/c1-13-11-16(21)18-14-7-3-4-8-15(14)20(13)17(22)12-19-9-5-2-6-10-19/h3-4,7-8,13H,2,5-6,9-12H2,1H3,(H,18,21)/p+1/t13-/m0/s1. The molecule has 5 heteroatoms. The maximum Gasteiger partial charge on any atom is 0.282 e. The first-order chi connectivity index (χ1) is 10.6. The van der Waals surface area contributed by atoms with Gasteiger partial charge in [0.05, 0.1) is 24.5 Å². The number of carbonyl (C=O) groups excluding carboxylic acids is 2. The SMILES string of the molecule is C[C@H]1CC(=O)Nc2ccccc2N1C(=O)C[NH+]1CCCCC1. The van der Waals surface area contributed by atoms with Gasteiger partial charge in [-0.3, -0.25) is 9.59 Å². The predicted molar refractivity (Wildman–Crippen MR) is 86.1 cm³/mol. The first-order valence-corrected chi connectivity index (χ1v) is 8.19. The third-order valence-corrected chi connectivity index (χ3v) is 4.59. The minimum Gasteiger partial charge on any atom is -0.327 e. The van der Waals surface area contributed by atoms with E-state index in [1.54, 1.807) is 0 Å². The normalized spacial score (nSPS) is 22.7. The van der Waals surface area contributed by atoms with Gasteiger partial charge in [0.1, 0.15) is 0 Å². The van der Waals surface area contributed by atoms with Crippen molar-refractivity contribution in [3.63, 3.8) is 0 Å². The van der Waals surface area contributed by atoms with E-state index in [-0.39, 0.29) is 17.9 Å². The van der Waals surface area contributed by atoms with Crippen LogP contribution in [0.25, 0.3) is 0 Å². The van der Waals surface area contributed by atoms with Gasteiger partial charge < -0.3 is 15.1 Å². The molecule has 118 valence electrons. The summed E-state index contributed by atoms with van der Waals surface area (Å²) in [5, 5.41) is 2.90. The maximum absolute atomic E-state index is 12.9. The van der Waals surface area contributed by atoms with Crippen LogP contribution in [0.5, 0.6) is 0 Å². The zero-order valence-corrected chi connectivity index (χ0v) is 13.1. The molecule has 22 heavy (non-hydrogen) atoms. The number of piperidine rings is 1. The highest BCUT2D eigenvalue weighted by atomic mass is 16.2. The van der Waals surface area contributed by atoms with Gasteiger partial charge in [-0.05, 0) is 38.3 Å². The van der Waals surface area contributed by atoms with Crippen molar-refractivity contribution in [3.05, 3.63) is 24.3 Å². The highest BCUT2D eigenvalue weighted by Crippen LogP contribution is 2.30. The molecule has 1 fully saturated rings. The largest absolute Gasteiger partial charge is 0.327 e. The number of nitrogens with zero attached hydrogens (tertiary/aromatic N) is 1. The minimum absolute atomic E-state index is 0.0273. The summed E-state index contributed by atoms with van der Waals surface area (Å²) in [5.41, 5.74) is 1.56. The number of para-hydroxylation sites is 2. The Morgan fingerprint density at radius 2 is 2.00 bits per heavy atom. The second kappa shape index (κ2) is 6.48. The van der Waals surface area contributed by atoms with Crippen molar-refractivity contribution in [2.24, 2.45) is 0 Å². The van der Waals surface area contributed by atoms with Crippen LogP contribution >= 0.6 is 0 Å². The maximum atomic E-state index is 12.9. The Bertz CT molecular complexity index is 567. The lowest BCUT2D eigenvalue weighted by atomic mass is 10.1. The second-order valence-corrected chi connectivity index (χ2v) is 6.37. The minimum atomic E-state index is -0.111. The van der Waals surface area contributed by atoms with Crippen molar-refractivity contribution < 1.29 is 14.5 Å². The Morgan fingerprint density at radius 3 is 2.77 bits per heavy atom. The van der Waals surface area contributed by atoms with Crippen molar-refractivity contribution in [2.45, 2.75) is 38.6 Å². The highest BCUT2D eigenvalue weighted by molar-refractivity contribution is 6.04. The zero-order chi connectivity index (χ0) is 15.5. The summed E-state index contributed by atoms with van der Waals surface area (Å²) in [6.07, 6.45) is 4.03. The molecule has 0 unspecified atom stereocenters. The van der Waals surface area contributed by atoms with E-state index < -0.39 is 0 Å². The van der Waals surface area contributed by atoms with Crippen LogP contribution in [0.15, 0.2) is 24.3 Å². The lowest BCUT2D eigenvalue weighted by Crippen LogP contribution is -3.14. The van der Waals surface area contributed by atoms with Crippen LogP contribution < -0.4 is 15.1 Å². The van der Waals surface area contributed by atoms with Gasteiger partial charge in [-0.25, -0.2) is 0 Å². The Morgan fingerprint density at radius 1 is 1.27 bits per heavy atom. The molecule has 5 nitrogen and oxygen atoms in total. The average Bonchev–Trinajstić information content (AvgIpc) is 2.62. The molecule has 1 saturated heterocycles. The molecule has 2 aliphatic heterocycles. The van der Waals surface area contributed by atoms with Gasteiger partial charge in [0, 0.05) is 12.5 Å². The monoisotopic (exact) mass is 302 g/mol. The molecular weight excluding hydrogens is 278 g/mol. The molecule has 2 heterocycles. The molecule has 0 saturated carbocycles. The molecule has 2 amide bonds. The number of quaternary nitrogens is 1. The number of benzene rings is 1. The number of nitrogens with one attached hydrogen (secondary N) is 2. The smallest absolute Gasteiger partial charge is 0.282 e. The summed E-state index contributed by atoms with van der Waals surface area (Å²) in [4.78, 5) is 28.0. The average molecular weight is 302 g/mol. The van der Waals surface area contributed by atoms with Crippen LogP contribution in [0.3, 0.4) is 0 Å². The van der Waals surface area contributed by atoms with Crippen molar-refractivity contribution in [1.29, 1.82) is 0 Å². The Kier molecular flexibility index (Phi) is 4.43. The van der Waals surface area contributed by atoms with Crippen LogP contribution in [0, 0.1) is 0 Å². The van der Waals surface area contributed by atoms with E-state index >= 15 is 0 Å². The Hall–Kier alpha value is -1.88. The second-order valence-electron chi connectivity index (χ2n) is 6.37. The molecule has 0 aromatic heterocycles. The van der Waals surface area contributed by atoms with Crippen molar-refractivity contribution >= 4 is 23.2 Å². The van der Waals surface area contributed by atoms with Gasteiger partial charge in [-0.15, -0.1) is 0 Å². The fraction of sp³-hybridized carbons (Fsp3) is 0.529. The summed E-state index contributed by atoms with van der Waals surface area (Å²) in [6, 6.07) is 7.46.